The van der Waals surface area contributed by atoms with Gasteiger partial charge in [-0.1, -0.05) is 6.42 Å². The van der Waals surface area contributed by atoms with Crippen LogP contribution >= 0.6 is 0 Å². The normalized spacial score (nSPS) is 32.9. The summed E-state index contributed by atoms with van der Waals surface area (Å²) in [5, 5.41) is 0. The first-order valence-corrected chi connectivity index (χ1v) is 4.46. The molecule has 3 nitrogen and oxygen atoms in total. The van der Waals surface area contributed by atoms with Crippen LogP contribution in [0.1, 0.15) is 25.7 Å². The topological polar surface area (TPSA) is 38.7 Å². The zero-order valence-corrected chi connectivity index (χ0v) is 7.25. The highest BCUT2D eigenvalue weighted by atomic mass is 16.5. The van der Waals surface area contributed by atoms with Crippen LogP contribution in [0.5, 0.6) is 0 Å². The van der Waals surface area contributed by atoms with Crippen molar-refractivity contribution in [2.75, 3.05) is 7.11 Å². The van der Waals surface area contributed by atoms with Crippen LogP contribution in [-0.2, 0) is 9.53 Å². The number of nitrogens with zero attached hydrogens (tertiary/aromatic N) is 1. The third kappa shape index (κ3) is 1.13. The maximum Gasteiger partial charge on any atom is 0.351 e. The van der Waals surface area contributed by atoms with Crippen molar-refractivity contribution in [3.63, 3.8) is 0 Å². The predicted molar refractivity (Wildman–Crippen MR) is 45.2 cm³/mol. The molecule has 2 unspecified atom stereocenters. The molecule has 1 aliphatic heterocycles. The summed E-state index contributed by atoms with van der Waals surface area (Å²) in [6.45, 7) is 0. The fraction of sp³-hybridized carbons (Fsp3) is 0.778. The average Bonchev–Trinajstić information content (AvgIpc) is 2.60. The second kappa shape index (κ2) is 2.88. The molecular weight excluding hydrogens is 154 g/mol. The lowest BCUT2D eigenvalue weighted by Gasteiger charge is -2.03. The molecule has 2 rings (SSSR count). The van der Waals surface area contributed by atoms with Crippen molar-refractivity contribution < 1.29 is 9.53 Å². The molecule has 2 atom stereocenters. The van der Waals surface area contributed by atoms with Gasteiger partial charge in [0.25, 0.3) is 0 Å². The van der Waals surface area contributed by atoms with Gasteiger partial charge in [-0.3, -0.25) is 4.99 Å². The molecule has 1 fully saturated rings. The Balaban J connectivity index is 2.07. The SMILES string of the molecule is COC(=O)C1=NC2CCCC2C1. The summed E-state index contributed by atoms with van der Waals surface area (Å²) in [4.78, 5) is 15.5. The Kier molecular flexibility index (Phi) is 1.87. The molecule has 0 radical (unpaired) electrons. The van der Waals surface area contributed by atoms with Gasteiger partial charge in [-0.05, 0) is 18.8 Å². The van der Waals surface area contributed by atoms with Crippen molar-refractivity contribution in [1.82, 2.24) is 0 Å². The number of ether oxygens (including phenoxy) is 1. The lowest BCUT2D eigenvalue weighted by Crippen LogP contribution is -2.14. The Morgan fingerprint density at radius 3 is 3.08 bits per heavy atom. The van der Waals surface area contributed by atoms with Crippen LogP contribution in [-0.4, -0.2) is 24.8 Å². The molecule has 0 saturated heterocycles. The zero-order valence-electron chi connectivity index (χ0n) is 7.25. The maximum atomic E-state index is 11.1. The number of methoxy groups -OCH3 is 1. The van der Waals surface area contributed by atoms with Crippen LogP contribution in [0.4, 0.5) is 0 Å². The molecule has 2 aliphatic rings. The van der Waals surface area contributed by atoms with Crippen LogP contribution in [0.15, 0.2) is 4.99 Å². The standard InChI is InChI=1S/C9H13NO2/c1-12-9(11)8-5-6-3-2-4-7(6)10-8/h6-7H,2-5H2,1H3. The largest absolute Gasteiger partial charge is 0.465 e. The smallest absolute Gasteiger partial charge is 0.351 e. The summed E-state index contributed by atoms with van der Waals surface area (Å²) in [7, 11) is 1.42. The molecule has 1 aliphatic carbocycles. The Labute approximate surface area is 71.8 Å². The quantitative estimate of drug-likeness (QED) is 0.550. The summed E-state index contributed by atoms with van der Waals surface area (Å²) >= 11 is 0. The number of aliphatic imine (C=N–C) groups is 1. The number of hydrogen-bond donors (Lipinski definition) is 0. The first kappa shape index (κ1) is 7.77. The minimum atomic E-state index is -0.232. The zero-order chi connectivity index (χ0) is 8.55. The van der Waals surface area contributed by atoms with Crippen molar-refractivity contribution in [2.45, 2.75) is 31.7 Å². The van der Waals surface area contributed by atoms with Gasteiger partial charge >= 0.3 is 5.97 Å². The fourth-order valence-corrected chi connectivity index (χ4v) is 2.18. The number of carbonyl (C=O) groups excluding carboxylic acids is 1. The molecule has 0 bridgehead atoms. The van der Waals surface area contributed by atoms with E-state index in [1.807, 2.05) is 0 Å². The van der Waals surface area contributed by atoms with Gasteiger partial charge in [0.05, 0.1) is 13.2 Å². The van der Waals surface area contributed by atoms with E-state index in [1.165, 1.54) is 20.0 Å². The van der Waals surface area contributed by atoms with Gasteiger partial charge in [0.15, 0.2) is 0 Å². The molecule has 66 valence electrons. The summed E-state index contributed by atoms with van der Waals surface area (Å²) < 4.78 is 4.63. The van der Waals surface area contributed by atoms with E-state index in [0.717, 1.165) is 12.8 Å². The highest BCUT2D eigenvalue weighted by Gasteiger charge is 2.35. The van der Waals surface area contributed by atoms with Gasteiger partial charge < -0.3 is 4.74 Å². The van der Waals surface area contributed by atoms with Crippen LogP contribution in [0.2, 0.25) is 0 Å². The third-order valence-corrected chi connectivity index (χ3v) is 2.82. The molecular formula is C9H13NO2. The average molecular weight is 167 g/mol. The Bertz CT molecular complexity index is 235. The van der Waals surface area contributed by atoms with Crippen molar-refractivity contribution in [2.24, 2.45) is 10.9 Å². The van der Waals surface area contributed by atoms with E-state index in [2.05, 4.69) is 9.73 Å². The van der Waals surface area contributed by atoms with Gasteiger partial charge in [-0.15, -0.1) is 0 Å². The van der Waals surface area contributed by atoms with Crippen LogP contribution in [0, 0.1) is 5.92 Å². The molecule has 12 heavy (non-hydrogen) atoms. The lowest BCUT2D eigenvalue weighted by molar-refractivity contribution is -0.132. The fourth-order valence-electron chi connectivity index (χ4n) is 2.18. The van der Waals surface area contributed by atoms with E-state index in [0.29, 0.717) is 17.7 Å². The molecule has 0 spiro atoms. The second-order valence-corrected chi connectivity index (χ2v) is 3.53. The number of fused-ring (bicyclic) bond motifs is 1. The molecule has 1 saturated carbocycles. The van der Waals surface area contributed by atoms with Crippen molar-refractivity contribution in [3.05, 3.63) is 0 Å². The molecule has 1 heterocycles. The van der Waals surface area contributed by atoms with E-state index < -0.39 is 0 Å². The monoisotopic (exact) mass is 167 g/mol. The van der Waals surface area contributed by atoms with Crippen LogP contribution in [0.25, 0.3) is 0 Å². The first-order valence-electron chi connectivity index (χ1n) is 4.46. The summed E-state index contributed by atoms with van der Waals surface area (Å²) in [6.07, 6.45) is 4.50. The summed E-state index contributed by atoms with van der Waals surface area (Å²) in [5.41, 5.74) is 0.659. The van der Waals surface area contributed by atoms with Gasteiger partial charge in [-0.2, -0.15) is 0 Å². The van der Waals surface area contributed by atoms with Gasteiger partial charge in [0, 0.05) is 6.42 Å². The van der Waals surface area contributed by atoms with Crippen LogP contribution < -0.4 is 0 Å². The highest BCUT2D eigenvalue weighted by Crippen LogP contribution is 2.35. The van der Waals surface area contributed by atoms with E-state index >= 15 is 0 Å². The van der Waals surface area contributed by atoms with Gasteiger partial charge in [0.1, 0.15) is 5.71 Å². The molecule has 0 aromatic carbocycles. The Hall–Kier alpha value is -0.860. The third-order valence-electron chi connectivity index (χ3n) is 2.82. The van der Waals surface area contributed by atoms with E-state index in [1.54, 1.807) is 0 Å². The molecule has 3 heteroatoms. The molecule has 0 amide bonds. The highest BCUT2D eigenvalue weighted by molar-refractivity contribution is 6.37. The van der Waals surface area contributed by atoms with Gasteiger partial charge in [0.2, 0.25) is 0 Å². The molecule has 0 aromatic rings. The molecule has 0 N–H and O–H groups in total. The minimum Gasteiger partial charge on any atom is -0.465 e. The maximum absolute atomic E-state index is 11.1. The number of carbonyl (C=O) groups is 1. The lowest BCUT2D eigenvalue weighted by atomic mass is 10.0. The van der Waals surface area contributed by atoms with E-state index in [4.69, 9.17) is 0 Å². The summed E-state index contributed by atoms with van der Waals surface area (Å²) in [5.74, 6) is 0.406. The minimum absolute atomic E-state index is 0.232. The second-order valence-electron chi connectivity index (χ2n) is 3.53. The number of esters is 1. The Morgan fingerprint density at radius 2 is 2.42 bits per heavy atom. The predicted octanol–water partition coefficient (Wildman–Crippen LogP) is 1.17. The van der Waals surface area contributed by atoms with E-state index in [-0.39, 0.29) is 5.97 Å². The van der Waals surface area contributed by atoms with Crippen molar-refractivity contribution in [1.29, 1.82) is 0 Å². The number of hydrogen-bond acceptors (Lipinski definition) is 3. The van der Waals surface area contributed by atoms with Crippen LogP contribution in [0.3, 0.4) is 0 Å². The first-order chi connectivity index (χ1) is 5.81. The summed E-state index contributed by atoms with van der Waals surface area (Å²) in [6, 6.07) is 0.430. The van der Waals surface area contributed by atoms with Crippen molar-refractivity contribution >= 4 is 11.7 Å². The number of rotatable bonds is 1. The Morgan fingerprint density at radius 1 is 1.58 bits per heavy atom. The van der Waals surface area contributed by atoms with Crippen molar-refractivity contribution in [3.8, 4) is 0 Å². The van der Waals surface area contributed by atoms with E-state index in [9.17, 15) is 4.79 Å². The molecule has 0 aromatic heterocycles. The van der Waals surface area contributed by atoms with Gasteiger partial charge in [-0.25, -0.2) is 4.79 Å².